The van der Waals surface area contributed by atoms with Gasteiger partial charge in [-0.1, -0.05) is 11.6 Å². The van der Waals surface area contributed by atoms with E-state index in [1.807, 2.05) is 36.1 Å². The van der Waals surface area contributed by atoms with Gasteiger partial charge in [-0.25, -0.2) is 13.4 Å². The fourth-order valence-electron chi connectivity index (χ4n) is 3.44. The molecular weight excluding hydrogens is 362 g/mol. The first-order valence-corrected chi connectivity index (χ1v) is 10.3. The number of nitrogens with two attached hydrogens (primary N) is 1. The number of pyridine rings is 1. The molecule has 0 atom stereocenters. The maximum atomic E-state index is 12.7. The maximum Gasteiger partial charge on any atom is 0.180 e. The second kappa shape index (κ2) is 6.42. The molecule has 3 aromatic rings. The van der Waals surface area contributed by atoms with Gasteiger partial charge >= 0.3 is 0 Å². The molecule has 2 N–H and O–H groups in total. The van der Waals surface area contributed by atoms with E-state index in [0.717, 1.165) is 16.5 Å². The number of hydrogen-bond acceptors (Lipinski definition) is 6. The van der Waals surface area contributed by atoms with Crippen molar-refractivity contribution in [1.82, 2.24) is 4.98 Å². The van der Waals surface area contributed by atoms with Gasteiger partial charge in [-0.2, -0.15) is 0 Å². The summed E-state index contributed by atoms with van der Waals surface area (Å²) in [5.41, 5.74) is 9.52. The number of aryl methyl sites for hydroxylation is 1. The number of hydrogen-bond donors (Lipinski definition) is 1. The number of anilines is 2. The Hall–Kier alpha value is -2.80. The average molecular weight is 383 g/mol. The van der Waals surface area contributed by atoms with E-state index < -0.39 is 9.84 Å². The van der Waals surface area contributed by atoms with Crippen LogP contribution >= 0.6 is 0 Å². The predicted molar refractivity (Wildman–Crippen MR) is 107 cm³/mol. The lowest BCUT2D eigenvalue weighted by atomic mass is 10.1. The normalized spacial score (nSPS) is 16.0. The Kier molecular flexibility index (Phi) is 4.19. The van der Waals surface area contributed by atoms with Gasteiger partial charge in [0.25, 0.3) is 0 Å². The number of nitrogens with zero attached hydrogens (tertiary/aromatic N) is 2. The molecule has 0 aliphatic carbocycles. The monoisotopic (exact) mass is 383 g/mol. The molecule has 4 rings (SSSR count). The van der Waals surface area contributed by atoms with E-state index in [0.29, 0.717) is 40.8 Å². The molecule has 1 aromatic heterocycles. The van der Waals surface area contributed by atoms with Gasteiger partial charge in [-0.15, -0.1) is 0 Å². The lowest BCUT2D eigenvalue weighted by Gasteiger charge is -2.22. The van der Waals surface area contributed by atoms with Gasteiger partial charge < -0.3 is 15.4 Å². The summed E-state index contributed by atoms with van der Waals surface area (Å²) >= 11 is 0. The molecule has 0 saturated carbocycles. The van der Waals surface area contributed by atoms with Crippen LogP contribution in [-0.2, 0) is 16.4 Å². The SMILES string of the molecule is COc1ccc2c(c1)CN(c1cc(N)c3cc(C)ccc3n1)CCS2(=O)=O. The van der Waals surface area contributed by atoms with E-state index in [1.165, 1.54) is 0 Å². The number of methoxy groups -OCH3 is 1. The fraction of sp³-hybridized carbons (Fsp3) is 0.250. The highest BCUT2D eigenvalue weighted by Gasteiger charge is 2.26. The molecular formula is C20H21N3O3S. The molecule has 0 bridgehead atoms. The highest BCUT2D eigenvalue weighted by molar-refractivity contribution is 7.91. The minimum atomic E-state index is -3.36. The third-order valence-electron chi connectivity index (χ3n) is 4.90. The molecule has 0 spiro atoms. The molecule has 0 amide bonds. The van der Waals surface area contributed by atoms with Crippen LogP contribution in [-0.4, -0.2) is 32.8 Å². The fourth-order valence-corrected chi connectivity index (χ4v) is 4.92. The van der Waals surface area contributed by atoms with Gasteiger partial charge in [0.1, 0.15) is 11.6 Å². The first-order valence-electron chi connectivity index (χ1n) is 8.69. The van der Waals surface area contributed by atoms with E-state index >= 15 is 0 Å². The van der Waals surface area contributed by atoms with Crippen LogP contribution in [0.1, 0.15) is 11.1 Å². The summed E-state index contributed by atoms with van der Waals surface area (Å²) in [6, 6.07) is 12.8. The standard InChI is InChI=1S/C20H21N3O3S/c1-13-3-5-18-16(9-13)17(21)11-20(22-18)23-7-8-27(24,25)19-6-4-15(26-2)10-14(19)12-23/h3-6,9-11H,7-8,12H2,1-2H3,(H2,21,22). The van der Waals surface area contributed by atoms with Gasteiger partial charge in [0.05, 0.1) is 23.3 Å². The molecule has 0 radical (unpaired) electrons. The summed E-state index contributed by atoms with van der Waals surface area (Å²) < 4.78 is 30.6. The number of aromatic nitrogens is 1. The molecule has 2 heterocycles. The molecule has 0 saturated heterocycles. The van der Waals surface area contributed by atoms with Gasteiger partial charge in [0.15, 0.2) is 9.84 Å². The number of fused-ring (bicyclic) bond motifs is 2. The Balaban J connectivity index is 1.81. The molecule has 0 unspecified atom stereocenters. The van der Waals surface area contributed by atoms with Crippen LogP contribution in [0.2, 0.25) is 0 Å². The number of ether oxygens (including phenoxy) is 1. The molecule has 140 valence electrons. The van der Waals surface area contributed by atoms with E-state index in [9.17, 15) is 8.42 Å². The summed E-state index contributed by atoms with van der Waals surface area (Å²) in [5.74, 6) is 1.34. The third-order valence-corrected chi connectivity index (χ3v) is 6.69. The van der Waals surface area contributed by atoms with Crippen molar-refractivity contribution in [2.75, 3.05) is 30.0 Å². The lowest BCUT2D eigenvalue weighted by Crippen LogP contribution is -2.26. The molecule has 27 heavy (non-hydrogen) atoms. The molecule has 1 aliphatic rings. The zero-order valence-electron chi connectivity index (χ0n) is 15.3. The Bertz CT molecular complexity index is 1140. The van der Waals surface area contributed by atoms with Crippen molar-refractivity contribution in [3.8, 4) is 5.75 Å². The number of nitrogen functional groups attached to an aromatic ring is 1. The van der Waals surface area contributed by atoms with Gasteiger partial charge in [0.2, 0.25) is 0 Å². The zero-order valence-corrected chi connectivity index (χ0v) is 16.1. The summed E-state index contributed by atoms with van der Waals surface area (Å²) in [7, 11) is -1.79. The molecule has 1 aliphatic heterocycles. The Morgan fingerprint density at radius 3 is 2.74 bits per heavy atom. The first-order chi connectivity index (χ1) is 12.9. The van der Waals surface area contributed by atoms with E-state index in [-0.39, 0.29) is 5.75 Å². The molecule has 0 fully saturated rings. The van der Waals surface area contributed by atoms with E-state index in [2.05, 4.69) is 0 Å². The van der Waals surface area contributed by atoms with Crippen molar-refractivity contribution < 1.29 is 13.2 Å². The minimum absolute atomic E-state index is 0.0276. The van der Waals surface area contributed by atoms with Crippen molar-refractivity contribution in [3.05, 3.63) is 53.6 Å². The quantitative estimate of drug-likeness (QED) is 0.732. The summed E-state index contributed by atoms with van der Waals surface area (Å²) in [6.45, 7) is 2.79. The Morgan fingerprint density at radius 2 is 1.96 bits per heavy atom. The maximum absolute atomic E-state index is 12.7. The minimum Gasteiger partial charge on any atom is -0.497 e. The second-order valence-corrected chi connectivity index (χ2v) is 8.88. The molecule has 7 heteroatoms. The van der Waals surface area contributed by atoms with Crippen LogP contribution in [0.15, 0.2) is 47.4 Å². The predicted octanol–water partition coefficient (Wildman–Crippen LogP) is 2.93. The Labute approximate surface area is 158 Å². The molecule has 2 aromatic carbocycles. The van der Waals surface area contributed by atoms with Gasteiger partial charge in [-0.3, -0.25) is 0 Å². The second-order valence-electron chi connectivity index (χ2n) is 6.80. The van der Waals surface area contributed by atoms with Crippen molar-refractivity contribution >= 4 is 32.2 Å². The average Bonchev–Trinajstić information content (AvgIpc) is 2.78. The van der Waals surface area contributed by atoms with Crippen LogP contribution in [0, 0.1) is 6.92 Å². The van der Waals surface area contributed by atoms with E-state index in [1.54, 1.807) is 25.3 Å². The van der Waals surface area contributed by atoms with Gasteiger partial charge in [0, 0.05) is 30.2 Å². The largest absolute Gasteiger partial charge is 0.497 e. The van der Waals surface area contributed by atoms with Crippen LogP contribution in [0.25, 0.3) is 10.9 Å². The van der Waals surface area contributed by atoms with E-state index in [4.69, 9.17) is 15.5 Å². The number of sulfone groups is 1. The topological polar surface area (TPSA) is 85.5 Å². The first kappa shape index (κ1) is 17.6. The van der Waals surface area contributed by atoms with Crippen molar-refractivity contribution in [2.45, 2.75) is 18.4 Å². The van der Waals surface area contributed by atoms with Crippen molar-refractivity contribution in [1.29, 1.82) is 0 Å². The third kappa shape index (κ3) is 3.19. The van der Waals surface area contributed by atoms with Crippen LogP contribution in [0.4, 0.5) is 11.5 Å². The molecule has 6 nitrogen and oxygen atoms in total. The van der Waals surface area contributed by atoms with Crippen LogP contribution < -0.4 is 15.4 Å². The smallest absolute Gasteiger partial charge is 0.180 e. The Morgan fingerprint density at radius 1 is 1.15 bits per heavy atom. The lowest BCUT2D eigenvalue weighted by molar-refractivity contribution is 0.413. The van der Waals surface area contributed by atoms with Crippen molar-refractivity contribution in [2.24, 2.45) is 0 Å². The van der Waals surface area contributed by atoms with Gasteiger partial charge in [-0.05, 0) is 42.8 Å². The highest BCUT2D eigenvalue weighted by Crippen LogP contribution is 2.31. The highest BCUT2D eigenvalue weighted by atomic mass is 32.2. The van der Waals surface area contributed by atoms with Crippen LogP contribution in [0.3, 0.4) is 0 Å². The number of rotatable bonds is 2. The summed E-state index contributed by atoms with van der Waals surface area (Å²) in [4.78, 5) is 7.04. The van der Waals surface area contributed by atoms with Crippen LogP contribution in [0.5, 0.6) is 5.75 Å². The van der Waals surface area contributed by atoms with Crippen molar-refractivity contribution in [3.63, 3.8) is 0 Å². The summed E-state index contributed by atoms with van der Waals surface area (Å²) in [6.07, 6.45) is 0. The summed E-state index contributed by atoms with van der Waals surface area (Å²) in [5, 5.41) is 0.906. The number of benzene rings is 2. The zero-order chi connectivity index (χ0) is 19.2.